The number of benzene rings is 4. The Balaban J connectivity index is 1.22. The summed E-state index contributed by atoms with van der Waals surface area (Å²) in [5.74, 6) is 0.720. The zero-order valence-electron chi connectivity index (χ0n) is 24.1. The lowest BCUT2D eigenvalue weighted by molar-refractivity contribution is -0.0518. The molecule has 3 atom stereocenters. The number of ether oxygens (including phenoxy) is 4. The molecule has 0 saturated carbocycles. The van der Waals surface area contributed by atoms with Crippen molar-refractivity contribution >= 4 is 16.9 Å². The Morgan fingerprint density at radius 1 is 0.833 bits per heavy atom. The van der Waals surface area contributed by atoms with Gasteiger partial charge in [0.05, 0.1) is 45.7 Å². The molecule has 1 N–H and O–H groups in total. The molecule has 1 heterocycles. The molecular formula is C35H39NO6. The van der Waals surface area contributed by atoms with Crippen LogP contribution in [0.2, 0.25) is 0 Å². The lowest BCUT2D eigenvalue weighted by Gasteiger charge is -2.42. The van der Waals surface area contributed by atoms with Crippen LogP contribution in [0, 0.1) is 5.92 Å². The van der Waals surface area contributed by atoms with Crippen molar-refractivity contribution in [3.63, 3.8) is 0 Å². The van der Waals surface area contributed by atoms with Crippen molar-refractivity contribution in [2.24, 2.45) is 5.92 Å². The number of carboxylic acid groups (broad SMARTS) is 1. The SMILES string of the molecule is COCC1CN(C(=O)O)CC(OCc2ccc3ccccc3c2)C1c1ccc(OCCCOCc2ccccc2)cc1. The van der Waals surface area contributed by atoms with Crippen LogP contribution >= 0.6 is 0 Å². The van der Waals surface area contributed by atoms with Crippen molar-refractivity contribution in [2.45, 2.75) is 31.7 Å². The average molecular weight is 570 g/mol. The van der Waals surface area contributed by atoms with E-state index in [9.17, 15) is 9.90 Å². The van der Waals surface area contributed by atoms with Gasteiger partial charge in [0.2, 0.25) is 0 Å². The number of fused-ring (bicyclic) bond motifs is 1. The van der Waals surface area contributed by atoms with Gasteiger partial charge in [-0.1, -0.05) is 78.9 Å². The number of nitrogens with zero attached hydrogens (tertiary/aromatic N) is 1. The highest BCUT2D eigenvalue weighted by Crippen LogP contribution is 2.37. The summed E-state index contributed by atoms with van der Waals surface area (Å²) in [6.07, 6.45) is -0.469. The number of rotatable bonds is 13. The van der Waals surface area contributed by atoms with Crippen LogP contribution in [-0.2, 0) is 27.4 Å². The number of hydrogen-bond acceptors (Lipinski definition) is 5. The fourth-order valence-electron chi connectivity index (χ4n) is 5.71. The van der Waals surface area contributed by atoms with E-state index in [1.807, 2.05) is 42.5 Å². The first-order valence-electron chi connectivity index (χ1n) is 14.5. The smallest absolute Gasteiger partial charge is 0.407 e. The van der Waals surface area contributed by atoms with Crippen molar-refractivity contribution in [2.75, 3.05) is 40.0 Å². The van der Waals surface area contributed by atoms with Gasteiger partial charge in [0.1, 0.15) is 5.75 Å². The van der Waals surface area contributed by atoms with Crippen molar-refractivity contribution in [1.29, 1.82) is 0 Å². The first kappa shape index (κ1) is 29.6. The minimum Gasteiger partial charge on any atom is -0.494 e. The Kier molecular flexibility index (Phi) is 10.4. The van der Waals surface area contributed by atoms with E-state index in [2.05, 4.69) is 54.6 Å². The van der Waals surface area contributed by atoms with E-state index >= 15 is 0 Å². The topological polar surface area (TPSA) is 77.5 Å². The number of piperidine rings is 1. The molecule has 0 spiro atoms. The third-order valence-corrected chi connectivity index (χ3v) is 7.77. The van der Waals surface area contributed by atoms with Crippen LogP contribution < -0.4 is 4.74 Å². The van der Waals surface area contributed by atoms with Gasteiger partial charge in [0.15, 0.2) is 0 Å². The fraction of sp³-hybridized carbons (Fsp3) is 0.343. The summed E-state index contributed by atoms with van der Waals surface area (Å²) in [6, 6.07) is 32.8. The van der Waals surface area contributed by atoms with Gasteiger partial charge in [0.25, 0.3) is 0 Å². The first-order valence-corrected chi connectivity index (χ1v) is 14.5. The summed E-state index contributed by atoms with van der Waals surface area (Å²) in [6.45, 7) is 3.32. The predicted molar refractivity (Wildman–Crippen MR) is 163 cm³/mol. The van der Waals surface area contributed by atoms with E-state index in [0.717, 1.165) is 34.2 Å². The maximum absolute atomic E-state index is 12.0. The average Bonchev–Trinajstić information content (AvgIpc) is 3.02. The molecule has 1 aliphatic heterocycles. The molecule has 0 aromatic heterocycles. The van der Waals surface area contributed by atoms with Crippen LogP contribution in [0.25, 0.3) is 10.8 Å². The van der Waals surface area contributed by atoms with E-state index in [1.165, 1.54) is 10.3 Å². The van der Waals surface area contributed by atoms with E-state index in [0.29, 0.717) is 46.1 Å². The Morgan fingerprint density at radius 3 is 2.36 bits per heavy atom. The van der Waals surface area contributed by atoms with Gasteiger partial charge >= 0.3 is 6.09 Å². The molecule has 3 unspecified atom stereocenters. The predicted octanol–water partition coefficient (Wildman–Crippen LogP) is 6.75. The van der Waals surface area contributed by atoms with Crippen LogP contribution in [0.1, 0.15) is 29.0 Å². The van der Waals surface area contributed by atoms with Gasteiger partial charge in [-0.05, 0) is 45.7 Å². The van der Waals surface area contributed by atoms with Gasteiger partial charge < -0.3 is 29.0 Å². The molecule has 4 aromatic rings. The van der Waals surface area contributed by atoms with E-state index in [4.69, 9.17) is 18.9 Å². The van der Waals surface area contributed by atoms with Crippen LogP contribution in [0.5, 0.6) is 5.75 Å². The number of carbonyl (C=O) groups is 1. The number of hydrogen-bond donors (Lipinski definition) is 1. The molecule has 220 valence electrons. The molecule has 7 heteroatoms. The second-order valence-corrected chi connectivity index (χ2v) is 10.8. The highest BCUT2D eigenvalue weighted by Gasteiger charge is 2.40. The molecule has 0 radical (unpaired) electrons. The van der Waals surface area contributed by atoms with Crippen molar-refractivity contribution in [3.05, 3.63) is 114 Å². The highest BCUT2D eigenvalue weighted by atomic mass is 16.5. The minimum atomic E-state index is -0.939. The number of likely N-dealkylation sites (tertiary alicyclic amines) is 1. The zero-order valence-corrected chi connectivity index (χ0v) is 24.1. The molecule has 5 rings (SSSR count). The van der Waals surface area contributed by atoms with E-state index in [1.54, 1.807) is 7.11 Å². The van der Waals surface area contributed by atoms with Gasteiger partial charge in [-0.2, -0.15) is 0 Å². The molecule has 1 amide bonds. The molecule has 1 aliphatic rings. The Hall–Kier alpha value is -3.91. The summed E-state index contributed by atoms with van der Waals surface area (Å²) in [5, 5.41) is 12.2. The summed E-state index contributed by atoms with van der Waals surface area (Å²) in [7, 11) is 1.65. The normalized spacial score (nSPS) is 18.7. The maximum Gasteiger partial charge on any atom is 0.407 e. The van der Waals surface area contributed by atoms with Crippen molar-refractivity contribution < 1.29 is 28.8 Å². The maximum atomic E-state index is 12.0. The van der Waals surface area contributed by atoms with E-state index in [-0.39, 0.29) is 17.9 Å². The molecule has 7 nitrogen and oxygen atoms in total. The lowest BCUT2D eigenvalue weighted by Crippen LogP contribution is -2.52. The monoisotopic (exact) mass is 569 g/mol. The summed E-state index contributed by atoms with van der Waals surface area (Å²) in [4.78, 5) is 13.4. The van der Waals surface area contributed by atoms with Crippen LogP contribution in [0.15, 0.2) is 97.1 Å². The zero-order chi connectivity index (χ0) is 29.1. The summed E-state index contributed by atoms with van der Waals surface area (Å²) >= 11 is 0. The first-order chi connectivity index (χ1) is 20.6. The summed E-state index contributed by atoms with van der Waals surface area (Å²) in [5.41, 5.74) is 3.30. The van der Waals surface area contributed by atoms with E-state index < -0.39 is 6.09 Å². The van der Waals surface area contributed by atoms with Crippen molar-refractivity contribution in [1.82, 2.24) is 4.90 Å². The quantitative estimate of drug-likeness (QED) is 0.180. The van der Waals surface area contributed by atoms with Gasteiger partial charge in [-0.3, -0.25) is 0 Å². The molecular weight excluding hydrogens is 530 g/mol. The second kappa shape index (κ2) is 14.8. The molecule has 0 bridgehead atoms. The standard InChI is InChI=1S/C35H39NO6/c1-39-25-31-21-36(35(37)38)22-33(42-24-27-12-13-28-10-5-6-11-30(28)20-27)34(31)29-14-16-32(17-15-29)41-19-7-18-40-23-26-8-3-2-4-9-26/h2-6,8-17,20,31,33-34H,7,18-19,21-25H2,1H3,(H,37,38). The molecule has 4 aromatic carbocycles. The lowest BCUT2D eigenvalue weighted by atomic mass is 9.79. The molecule has 1 fully saturated rings. The Bertz CT molecular complexity index is 1410. The Labute approximate surface area is 247 Å². The number of amides is 1. The number of methoxy groups -OCH3 is 1. The second-order valence-electron chi connectivity index (χ2n) is 10.8. The van der Waals surface area contributed by atoms with Gasteiger partial charge in [-0.25, -0.2) is 4.79 Å². The third-order valence-electron chi connectivity index (χ3n) is 7.77. The molecule has 0 aliphatic carbocycles. The van der Waals surface area contributed by atoms with Gasteiger partial charge in [0, 0.05) is 31.9 Å². The summed E-state index contributed by atoms with van der Waals surface area (Å²) < 4.78 is 23.8. The highest BCUT2D eigenvalue weighted by molar-refractivity contribution is 5.82. The Morgan fingerprint density at radius 2 is 1.60 bits per heavy atom. The van der Waals surface area contributed by atoms with Crippen LogP contribution in [-0.4, -0.2) is 62.2 Å². The van der Waals surface area contributed by atoms with Gasteiger partial charge in [-0.15, -0.1) is 0 Å². The largest absolute Gasteiger partial charge is 0.494 e. The minimum absolute atomic E-state index is 0.0264. The third kappa shape index (κ3) is 7.88. The molecule has 42 heavy (non-hydrogen) atoms. The molecule has 1 saturated heterocycles. The fourth-order valence-corrected chi connectivity index (χ4v) is 5.71. The van der Waals surface area contributed by atoms with Crippen LogP contribution in [0.3, 0.4) is 0 Å². The van der Waals surface area contributed by atoms with Crippen LogP contribution in [0.4, 0.5) is 4.79 Å². The van der Waals surface area contributed by atoms with Crippen molar-refractivity contribution in [3.8, 4) is 5.75 Å².